The van der Waals surface area contributed by atoms with Crippen LogP contribution in [-0.4, -0.2) is 59.2 Å². The molecule has 5 rings (SSSR count). The Labute approximate surface area is 199 Å². The molecule has 1 N–H and O–H groups in total. The highest BCUT2D eigenvalue weighted by Crippen LogP contribution is 2.34. The van der Waals surface area contributed by atoms with Crippen molar-refractivity contribution in [1.82, 2.24) is 15.1 Å². The lowest BCUT2D eigenvalue weighted by Gasteiger charge is -2.29. The molecule has 2 aromatic carbocycles. The molecule has 0 aromatic heterocycles. The number of carbonyl (C=O) groups is 4. The maximum Gasteiger partial charge on any atom is 0.255 e. The minimum absolute atomic E-state index is 0.129. The van der Waals surface area contributed by atoms with E-state index in [1.54, 1.807) is 42.5 Å². The predicted octanol–water partition coefficient (Wildman–Crippen LogP) is 1.39. The number of nitrogens with zero attached hydrogens (tertiary/aromatic N) is 2. The largest absolute Gasteiger partial charge is 0.489 e. The van der Waals surface area contributed by atoms with Crippen LogP contribution in [0.3, 0.4) is 0 Å². The van der Waals surface area contributed by atoms with E-state index < -0.39 is 24.4 Å². The lowest BCUT2D eigenvalue weighted by Crippen LogP contribution is -2.52. The second kappa shape index (κ2) is 9.26. The highest BCUT2D eigenvalue weighted by atomic mass is 16.5. The first-order valence-electron chi connectivity index (χ1n) is 12.1. The number of morpholine rings is 1. The number of hydrogen-bond acceptors (Lipinski definition) is 6. The highest BCUT2D eigenvalue weighted by molar-refractivity contribution is 6.05. The summed E-state index contributed by atoms with van der Waals surface area (Å²) in [4.78, 5) is 51.5. The number of fused-ring (bicyclic) bond motifs is 1. The van der Waals surface area contributed by atoms with Crippen molar-refractivity contribution in [1.29, 1.82) is 0 Å². The first kappa shape index (κ1) is 19.7. The molecule has 0 aliphatic carbocycles. The summed E-state index contributed by atoms with van der Waals surface area (Å²) in [5.74, 6) is -0.936. The molecule has 2 saturated heterocycles. The van der Waals surface area contributed by atoms with Crippen molar-refractivity contribution in [2.75, 3.05) is 19.8 Å². The van der Waals surface area contributed by atoms with Crippen molar-refractivity contribution in [3.05, 3.63) is 64.7 Å². The topological polar surface area (TPSA) is 105 Å². The summed E-state index contributed by atoms with van der Waals surface area (Å²) < 4.78 is 28.0. The number of imide groups is 1. The molecule has 176 valence electrons. The molecule has 9 heteroatoms. The van der Waals surface area contributed by atoms with E-state index in [4.69, 9.17) is 12.2 Å². The Kier molecular flexibility index (Phi) is 5.37. The van der Waals surface area contributed by atoms with Gasteiger partial charge in [0.1, 0.15) is 25.0 Å². The zero-order chi connectivity index (χ0) is 25.4. The minimum Gasteiger partial charge on any atom is -0.489 e. The Hall–Kier alpha value is -3.72. The zero-order valence-electron chi connectivity index (χ0n) is 20.4. The van der Waals surface area contributed by atoms with E-state index in [2.05, 4.69) is 5.32 Å². The van der Waals surface area contributed by atoms with Crippen LogP contribution in [0.1, 0.15) is 42.6 Å². The first-order valence-corrected chi connectivity index (χ1v) is 11.1. The molecule has 0 spiro atoms. The summed E-state index contributed by atoms with van der Waals surface area (Å²) in [5, 5.41) is 2.30. The third-order valence-electron chi connectivity index (χ3n) is 6.14. The van der Waals surface area contributed by atoms with Gasteiger partial charge in [0, 0.05) is 30.6 Å². The average Bonchev–Trinajstić information content (AvgIpc) is 3.20. The summed E-state index contributed by atoms with van der Waals surface area (Å²) >= 11 is 0. The molecule has 0 bridgehead atoms. The molecule has 0 saturated carbocycles. The van der Waals surface area contributed by atoms with Gasteiger partial charge in [0.15, 0.2) is 0 Å². The fourth-order valence-electron chi connectivity index (χ4n) is 4.32. The van der Waals surface area contributed by atoms with Crippen LogP contribution in [0, 0.1) is 0 Å². The SMILES string of the molecule is [2H]C([2H])(c1ccc(COc2cccc3c2CN(C2CCC(=O)NC2=O)C3=O)cc1)N1CCOCC1=O. The summed E-state index contributed by atoms with van der Waals surface area (Å²) in [5.41, 5.74) is 2.29. The summed E-state index contributed by atoms with van der Waals surface area (Å²) in [7, 11) is 0. The molecule has 3 aliphatic rings. The Morgan fingerprint density at radius 1 is 1.09 bits per heavy atom. The fourth-order valence-corrected chi connectivity index (χ4v) is 4.32. The molecule has 2 aromatic rings. The second-order valence-corrected chi connectivity index (χ2v) is 8.38. The number of carbonyl (C=O) groups excluding carboxylic acids is 4. The summed E-state index contributed by atoms with van der Waals surface area (Å²) in [6, 6.07) is 11.2. The van der Waals surface area contributed by atoms with Crippen molar-refractivity contribution in [3.63, 3.8) is 0 Å². The first-order chi connectivity index (χ1) is 17.3. The molecule has 1 atom stereocenters. The minimum atomic E-state index is -1.96. The Morgan fingerprint density at radius 2 is 1.88 bits per heavy atom. The van der Waals surface area contributed by atoms with Crippen molar-refractivity contribution in [3.8, 4) is 5.75 Å². The number of nitrogens with one attached hydrogen (secondary N) is 1. The molecule has 3 aliphatic heterocycles. The lowest BCUT2D eigenvalue weighted by molar-refractivity contribution is -0.143. The van der Waals surface area contributed by atoms with Gasteiger partial charge in [-0.05, 0) is 29.7 Å². The van der Waals surface area contributed by atoms with E-state index in [9.17, 15) is 19.2 Å². The predicted molar refractivity (Wildman–Crippen MR) is 119 cm³/mol. The number of hydrogen-bond donors (Lipinski definition) is 1. The van der Waals surface area contributed by atoms with Gasteiger partial charge < -0.3 is 19.3 Å². The third kappa shape index (κ3) is 4.38. The average molecular weight is 466 g/mol. The zero-order valence-corrected chi connectivity index (χ0v) is 18.4. The fraction of sp³-hybridized carbons (Fsp3) is 0.360. The van der Waals surface area contributed by atoms with Crippen molar-refractivity contribution >= 4 is 23.6 Å². The maximum atomic E-state index is 13.0. The number of rotatable bonds is 6. The van der Waals surface area contributed by atoms with Crippen LogP contribution < -0.4 is 10.1 Å². The smallest absolute Gasteiger partial charge is 0.255 e. The van der Waals surface area contributed by atoms with Gasteiger partial charge in [0.25, 0.3) is 5.91 Å². The quantitative estimate of drug-likeness (QED) is 0.647. The molecule has 1 unspecified atom stereocenters. The molecule has 4 amide bonds. The van der Waals surface area contributed by atoms with Crippen LogP contribution in [0.25, 0.3) is 0 Å². The molecular formula is C25H25N3O6. The van der Waals surface area contributed by atoms with Crippen LogP contribution in [-0.2, 0) is 38.8 Å². The van der Waals surface area contributed by atoms with E-state index >= 15 is 0 Å². The van der Waals surface area contributed by atoms with Gasteiger partial charge in [-0.15, -0.1) is 0 Å². The third-order valence-corrected chi connectivity index (χ3v) is 6.14. The van der Waals surface area contributed by atoms with E-state index in [1.165, 1.54) is 9.80 Å². The van der Waals surface area contributed by atoms with Crippen LogP contribution in [0.5, 0.6) is 5.75 Å². The Balaban J connectivity index is 1.27. The van der Waals surface area contributed by atoms with Crippen LogP contribution in [0.15, 0.2) is 42.5 Å². The van der Waals surface area contributed by atoms with E-state index in [1.807, 2.05) is 0 Å². The van der Waals surface area contributed by atoms with Gasteiger partial charge in [-0.2, -0.15) is 0 Å². The number of ether oxygens (including phenoxy) is 2. The molecule has 3 heterocycles. The van der Waals surface area contributed by atoms with Crippen LogP contribution in [0.4, 0.5) is 0 Å². The van der Waals surface area contributed by atoms with E-state index in [-0.39, 0.29) is 51.0 Å². The molecule has 9 nitrogen and oxygen atoms in total. The van der Waals surface area contributed by atoms with Gasteiger partial charge in [-0.3, -0.25) is 24.5 Å². The van der Waals surface area contributed by atoms with Gasteiger partial charge in [-0.1, -0.05) is 30.3 Å². The maximum absolute atomic E-state index is 13.0. The van der Waals surface area contributed by atoms with E-state index in [0.29, 0.717) is 29.0 Å². The number of amides is 4. The summed E-state index contributed by atoms with van der Waals surface area (Å²) in [6.07, 6.45) is 0.476. The Bertz CT molecular complexity index is 1230. The van der Waals surface area contributed by atoms with Crippen molar-refractivity contribution in [2.24, 2.45) is 0 Å². The Morgan fingerprint density at radius 3 is 2.65 bits per heavy atom. The molecule has 34 heavy (non-hydrogen) atoms. The second-order valence-electron chi connectivity index (χ2n) is 8.38. The highest BCUT2D eigenvalue weighted by Gasteiger charge is 2.40. The molecule has 0 radical (unpaired) electrons. The van der Waals surface area contributed by atoms with Gasteiger partial charge >= 0.3 is 0 Å². The van der Waals surface area contributed by atoms with Crippen molar-refractivity contribution < 1.29 is 31.4 Å². The normalized spacial score (nSPS) is 21.7. The van der Waals surface area contributed by atoms with Gasteiger partial charge in [0.05, 0.1) is 15.9 Å². The van der Waals surface area contributed by atoms with Crippen molar-refractivity contribution in [2.45, 2.75) is 38.5 Å². The van der Waals surface area contributed by atoms with Gasteiger partial charge in [0.2, 0.25) is 17.7 Å². The van der Waals surface area contributed by atoms with E-state index in [0.717, 1.165) is 5.56 Å². The lowest BCUT2D eigenvalue weighted by atomic mass is 10.0. The van der Waals surface area contributed by atoms with Crippen LogP contribution in [0.2, 0.25) is 0 Å². The molecule has 2 fully saturated rings. The number of piperidine rings is 1. The monoisotopic (exact) mass is 465 g/mol. The standard InChI is InChI=1S/C25H25N3O6/c29-22-9-8-20(24(31)26-22)28-13-19-18(25(28)32)2-1-3-21(19)34-14-17-6-4-16(5-7-17)12-27-10-11-33-15-23(27)30/h1-7,20H,8-15H2,(H,26,29,31)/i12D2. The van der Waals surface area contributed by atoms with Crippen LogP contribution >= 0.6 is 0 Å². The van der Waals surface area contributed by atoms with Gasteiger partial charge in [-0.25, -0.2) is 0 Å². The number of benzene rings is 2. The summed E-state index contributed by atoms with van der Waals surface area (Å²) in [6.45, 7) is -1.21. The molecular weight excluding hydrogens is 438 g/mol.